The minimum absolute atomic E-state index is 0.261. The second-order valence-electron chi connectivity index (χ2n) is 32.6. The van der Waals surface area contributed by atoms with Crippen molar-refractivity contribution in [1.29, 1.82) is 0 Å². The summed E-state index contributed by atoms with van der Waals surface area (Å²) < 4.78 is 28.8. The SMILES string of the molecule is c1ccc(-c2ccccc2N(c2cccc3c2-c2ccccc2C32c3ccc4ccccc4c3Oc3c2ccc2ccc(-c4ccc(-c5cccc(C(c6cccc7c6-c6ccccc6C76c7ccc8ccccc8c7Oc7c6ccc6ccccc76)c6cccc7oc8ccccc8c67)c5)cc4)cc32)c2cccc3oc4ccccc4c23)cc1. The highest BCUT2D eigenvalue weighted by Crippen LogP contribution is 2.69. The van der Waals surface area contributed by atoms with Gasteiger partial charge in [0, 0.05) is 77.0 Å². The molecule has 5 heteroatoms. The van der Waals surface area contributed by atoms with Gasteiger partial charge in [-0.05, 0) is 154 Å². The zero-order valence-corrected chi connectivity index (χ0v) is 64.9. The summed E-state index contributed by atoms with van der Waals surface area (Å²) in [5.41, 5.74) is 29.3. The second kappa shape index (κ2) is 25.5. The largest absolute Gasteiger partial charge is 0.456 e. The molecule has 2 aromatic heterocycles. The van der Waals surface area contributed by atoms with Crippen LogP contribution < -0.4 is 14.4 Å². The Morgan fingerprint density at radius 1 is 0.217 bits per heavy atom. The molecule has 2 aliphatic heterocycles. The number of hydrogen-bond donors (Lipinski definition) is 0. The van der Waals surface area contributed by atoms with Crippen molar-refractivity contribution in [2.45, 2.75) is 16.7 Å². The van der Waals surface area contributed by atoms with Crippen LogP contribution in [0.25, 0.3) is 143 Å². The molecule has 26 rings (SSSR count). The summed E-state index contributed by atoms with van der Waals surface area (Å²) >= 11 is 0. The highest BCUT2D eigenvalue weighted by Gasteiger charge is 2.55. The molecule has 2 unspecified atom stereocenters. The van der Waals surface area contributed by atoms with E-state index in [0.29, 0.717) is 0 Å². The molecule has 558 valence electrons. The topological polar surface area (TPSA) is 48.0 Å². The Morgan fingerprint density at radius 3 is 1.23 bits per heavy atom. The summed E-state index contributed by atoms with van der Waals surface area (Å²) in [6.07, 6.45) is 0. The zero-order valence-electron chi connectivity index (χ0n) is 64.9. The first kappa shape index (κ1) is 66.7. The number of anilines is 3. The lowest BCUT2D eigenvalue weighted by Gasteiger charge is -2.40. The summed E-state index contributed by atoms with van der Waals surface area (Å²) in [6, 6.07) is 152. The predicted octanol–water partition coefficient (Wildman–Crippen LogP) is 30.7. The van der Waals surface area contributed by atoms with Crippen LogP contribution in [0.3, 0.4) is 0 Å². The summed E-state index contributed by atoms with van der Waals surface area (Å²) in [5, 5.41) is 13.1. The fourth-order valence-electron chi connectivity index (χ4n) is 21.8. The average Bonchev–Trinajstić information content (AvgIpc) is 1.48. The lowest BCUT2D eigenvalue weighted by molar-refractivity contribution is 0.447. The van der Waals surface area contributed by atoms with E-state index in [1.165, 1.54) is 55.6 Å². The molecule has 0 fully saturated rings. The Hall–Kier alpha value is -15.6. The molecule has 5 nitrogen and oxygen atoms in total. The van der Waals surface area contributed by atoms with E-state index < -0.39 is 10.8 Å². The molecule has 0 amide bonds. The van der Waals surface area contributed by atoms with Gasteiger partial charge in [-0.2, -0.15) is 0 Å². The molecule has 0 radical (unpaired) electrons. The van der Waals surface area contributed by atoms with Crippen LogP contribution in [0.4, 0.5) is 17.1 Å². The van der Waals surface area contributed by atoms with Gasteiger partial charge in [0.15, 0.2) is 0 Å². The van der Waals surface area contributed by atoms with Crippen LogP contribution in [-0.4, -0.2) is 0 Å². The third kappa shape index (κ3) is 9.26. The van der Waals surface area contributed by atoms with Gasteiger partial charge in [-0.15, -0.1) is 0 Å². The molecule has 4 heterocycles. The molecule has 22 aromatic rings. The summed E-state index contributed by atoms with van der Waals surface area (Å²) in [5.74, 6) is 3.24. The first-order valence-corrected chi connectivity index (χ1v) is 41.4. The Kier molecular flexibility index (Phi) is 14.2. The predicted molar refractivity (Wildman–Crippen MR) is 491 cm³/mol. The molecule has 2 atom stereocenters. The summed E-state index contributed by atoms with van der Waals surface area (Å²) in [6.45, 7) is 0. The standard InChI is InChI=1S/C115H69NO4/c1-2-25-71(26-3-1)79-32-12-17-46-98(79)116(100-48-24-52-104-109(100)86-39-14-19-50-102(86)118-104)99-47-23-45-93-108(99)84-37-11-16-43-91(84)115(93)96-65-61-74-29-6-9-35-82(74)112(96)120-113-89-68-77(58-57-75(89)62-66-97(113)115)70-55-53-69(54-56-70)76-30-20-31-78(67-76)105(88-41-22-51-103-107(88)85-38-13-18-49-101(85)117-103)87-40-21-44-92-106(87)83-36-10-15-42-90(83)114(92)94-63-59-72-27-4-7-33-80(72)110(94)119-111-81-34-8-5-28-73(81)60-64-95(111)114/h1-68,105H. The van der Waals surface area contributed by atoms with Crippen LogP contribution in [0.1, 0.15) is 67.1 Å². The van der Waals surface area contributed by atoms with Gasteiger partial charge in [-0.3, -0.25) is 0 Å². The first-order chi connectivity index (χ1) is 59.5. The van der Waals surface area contributed by atoms with Crippen LogP contribution >= 0.6 is 0 Å². The van der Waals surface area contributed by atoms with E-state index in [2.05, 4.69) is 417 Å². The van der Waals surface area contributed by atoms with E-state index in [1.54, 1.807) is 0 Å². The fourth-order valence-corrected chi connectivity index (χ4v) is 21.8. The van der Waals surface area contributed by atoms with Gasteiger partial charge in [0.05, 0.1) is 33.3 Å². The third-order valence-corrected chi connectivity index (χ3v) is 26.7. The number of furan rings is 2. The lowest BCUT2D eigenvalue weighted by atomic mass is 9.65. The minimum atomic E-state index is -0.839. The van der Waals surface area contributed by atoms with Crippen molar-refractivity contribution in [2.75, 3.05) is 4.90 Å². The number of hydrogen-bond acceptors (Lipinski definition) is 5. The third-order valence-electron chi connectivity index (χ3n) is 26.7. The monoisotopic (exact) mass is 1530 g/mol. The highest BCUT2D eigenvalue weighted by molar-refractivity contribution is 6.16. The van der Waals surface area contributed by atoms with Crippen molar-refractivity contribution < 1.29 is 18.3 Å². The molecule has 0 saturated carbocycles. The number of fused-ring (bicyclic) bond motifs is 32. The second-order valence-corrected chi connectivity index (χ2v) is 32.6. The van der Waals surface area contributed by atoms with E-state index in [1.807, 2.05) is 0 Å². The molecule has 0 bridgehead atoms. The van der Waals surface area contributed by atoms with Crippen molar-refractivity contribution in [1.82, 2.24) is 0 Å². The van der Waals surface area contributed by atoms with Crippen molar-refractivity contribution in [2.24, 2.45) is 0 Å². The molecule has 2 spiro atoms. The highest BCUT2D eigenvalue weighted by atomic mass is 16.5. The molecule has 2 aliphatic carbocycles. The maximum atomic E-state index is 7.78. The Morgan fingerprint density at radius 2 is 0.608 bits per heavy atom. The number of ether oxygens (including phenoxy) is 2. The molecular formula is C115H69NO4. The molecule has 120 heavy (non-hydrogen) atoms. The zero-order chi connectivity index (χ0) is 78.5. The smallest absolute Gasteiger partial charge is 0.140 e. The Balaban J connectivity index is 0.635. The van der Waals surface area contributed by atoms with Gasteiger partial charge >= 0.3 is 0 Å². The van der Waals surface area contributed by atoms with Gasteiger partial charge in [-0.25, -0.2) is 0 Å². The number of rotatable bonds is 9. The van der Waals surface area contributed by atoms with E-state index in [-0.39, 0.29) is 5.92 Å². The van der Waals surface area contributed by atoms with Gasteiger partial charge in [-0.1, -0.05) is 364 Å². The maximum Gasteiger partial charge on any atom is 0.140 e. The maximum absolute atomic E-state index is 7.78. The van der Waals surface area contributed by atoms with Gasteiger partial charge < -0.3 is 23.2 Å². The van der Waals surface area contributed by atoms with Gasteiger partial charge in [0.2, 0.25) is 0 Å². The molecular weight excluding hydrogens is 1460 g/mol. The number of para-hydroxylation sites is 3. The first-order valence-electron chi connectivity index (χ1n) is 41.4. The van der Waals surface area contributed by atoms with Crippen LogP contribution in [0.15, 0.2) is 421 Å². The Bertz CT molecular complexity index is 8060. The lowest BCUT2D eigenvalue weighted by Crippen LogP contribution is -2.32. The van der Waals surface area contributed by atoms with E-state index in [4.69, 9.17) is 18.3 Å². The van der Waals surface area contributed by atoms with E-state index >= 15 is 0 Å². The molecule has 4 aliphatic rings. The van der Waals surface area contributed by atoms with Gasteiger partial charge in [0.25, 0.3) is 0 Å². The van der Waals surface area contributed by atoms with E-state index in [9.17, 15) is 0 Å². The van der Waals surface area contributed by atoms with Crippen LogP contribution in [-0.2, 0) is 10.8 Å². The number of nitrogens with zero attached hydrogens (tertiary/aromatic N) is 1. The van der Waals surface area contributed by atoms with Crippen LogP contribution in [0.5, 0.6) is 23.0 Å². The normalized spacial score (nSPS) is 14.5. The number of benzene rings is 20. The molecule has 0 N–H and O–H groups in total. The van der Waals surface area contributed by atoms with Crippen LogP contribution in [0.2, 0.25) is 0 Å². The van der Waals surface area contributed by atoms with Crippen molar-refractivity contribution in [3.05, 3.63) is 474 Å². The fraction of sp³-hybridized carbons (Fsp3) is 0.0261. The van der Waals surface area contributed by atoms with Crippen molar-refractivity contribution in [3.8, 4) is 78.6 Å². The molecule has 0 saturated heterocycles. The molecule has 20 aromatic carbocycles. The summed E-state index contributed by atoms with van der Waals surface area (Å²) in [7, 11) is 0. The average molecular weight is 1530 g/mol. The van der Waals surface area contributed by atoms with Gasteiger partial charge in [0.1, 0.15) is 45.3 Å². The minimum Gasteiger partial charge on any atom is -0.456 e. The summed E-state index contributed by atoms with van der Waals surface area (Å²) in [4.78, 5) is 2.51. The van der Waals surface area contributed by atoms with Crippen molar-refractivity contribution in [3.63, 3.8) is 0 Å². The van der Waals surface area contributed by atoms with Crippen molar-refractivity contribution >= 4 is 104 Å². The quantitative estimate of drug-likeness (QED) is 0.135. The van der Waals surface area contributed by atoms with E-state index in [0.717, 1.165) is 188 Å². The van der Waals surface area contributed by atoms with Crippen LogP contribution in [0, 0.1) is 0 Å². The Labute approximate surface area is 691 Å².